The lowest BCUT2D eigenvalue weighted by Gasteiger charge is -2.06. The van der Waals surface area contributed by atoms with Gasteiger partial charge in [0.25, 0.3) is 0 Å². The summed E-state index contributed by atoms with van der Waals surface area (Å²) in [4.78, 5) is 0. The van der Waals surface area contributed by atoms with Crippen molar-refractivity contribution >= 4 is 11.6 Å². The van der Waals surface area contributed by atoms with Crippen LogP contribution in [-0.2, 0) is 13.2 Å². The van der Waals surface area contributed by atoms with E-state index in [0.717, 1.165) is 5.56 Å². The fourth-order valence-electron chi connectivity index (χ4n) is 1.39. The van der Waals surface area contributed by atoms with Crippen LogP contribution < -0.4 is 10.5 Å². The number of rotatable bonds is 4. The number of benzene rings is 1. The first-order valence-electron chi connectivity index (χ1n) is 5.22. The molecule has 0 fully saturated rings. The molecule has 0 saturated heterocycles. The molecule has 0 unspecified atom stereocenters. The summed E-state index contributed by atoms with van der Waals surface area (Å²) in [5.74, 6) is 1.25. The highest BCUT2D eigenvalue weighted by Gasteiger charge is 2.06. The molecule has 0 spiro atoms. The number of halogens is 1. The van der Waals surface area contributed by atoms with Crippen molar-refractivity contribution in [1.82, 2.24) is 5.16 Å². The van der Waals surface area contributed by atoms with Gasteiger partial charge in [0.2, 0.25) is 0 Å². The van der Waals surface area contributed by atoms with E-state index in [2.05, 4.69) is 5.16 Å². The van der Waals surface area contributed by atoms with Gasteiger partial charge in [-0.2, -0.15) is 0 Å². The van der Waals surface area contributed by atoms with Crippen molar-refractivity contribution in [3.05, 3.63) is 46.3 Å². The van der Waals surface area contributed by atoms with Crippen molar-refractivity contribution in [3.63, 3.8) is 0 Å². The Morgan fingerprint density at radius 1 is 1.41 bits per heavy atom. The molecule has 1 aromatic heterocycles. The summed E-state index contributed by atoms with van der Waals surface area (Å²) in [5, 5.41) is 4.36. The van der Waals surface area contributed by atoms with Gasteiger partial charge in [0.05, 0.1) is 10.7 Å². The number of aryl methyl sites for hydroxylation is 1. The quantitative estimate of drug-likeness (QED) is 0.909. The monoisotopic (exact) mass is 252 g/mol. The average molecular weight is 253 g/mol. The van der Waals surface area contributed by atoms with Gasteiger partial charge in [-0.15, -0.1) is 0 Å². The lowest BCUT2D eigenvalue weighted by atomic mass is 10.2. The first-order valence-corrected chi connectivity index (χ1v) is 5.60. The number of aromatic nitrogens is 1. The molecule has 4 nitrogen and oxygen atoms in total. The smallest absolute Gasteiger partial charge is 0.174 e. The van der Waals surface area contributed by atoms with Crippen LogP contribution in [0.1, 0.15) is 17.0 Å². The fraction of sp³-hybridized carbons (Fsp3) is 0.250. The molecule has 0 bridgehead atoms. The van der Waals surface area contributed by atoms with Crippen molar-refractivity contribution in [3.8, 4) is 5.75 Å². The van der Waals surface area contributed by atoms with Gasteiger partial charge in [0.1, 0.15) is 12.4 Å². The predicted molar refractivity (Wildman–Crippen MR) is 64.9 cm³/mol. The molecule has 0 saturated carbocycles. The highest BCUT2D eigenvalue weighted by molar-refractivity contribution is 6.32. The zero-order valence-electron chi connectivity index (χ0n) is 9.44. The van der Waals surface area contributed by atoms with E-state index < -0.39 is 0 Å². The number of nitrogens with zero attached hydrogens (tertiary/aromatic N) is 1. The van der Waals surface area contributed by atoms with Crippen LogP contribution in [-0.4, -0.2) is 5.16 Å². The molecule has 0 aliphatic rings. The van der Waals surface area contributed by atoms with Crippen LogP contribution in [0.3, 0.4) is 0 Å². The van der Waals surface area contributed by atoms with Gasteiger partial charge in [-0.3, -0.25) is 0 Å². The molecule has 1 aromatic carbocycles. The summed E-state index contributed by atoms with van der Waals surface area (Å²) in [5.41, 5.74) is 7.22. The third-order valence-corrected chi connectivity index (χ3v) is 2.57. The summed E-state index contributed by atoms with van der Waals surface area (Å²) in [6.07, 6.45) is 0. The summed E-state index contributed by atoms with van der Waals surface area (Å²) in [6.45, 7) is 2.62. The van der Waals surface area contributed by atoms with Gasteiger partial charge < -0.3 is 15.0 Å². The minimum absolute atomic E-state index is 0.287. The van der Waals surface area contributed by atoms with E-state index in [0.29, 0.717) is 28.8 Å². The van der Waals surface area contributed by atoms with Gasteiger partial charge in [-0.1, -0.05) is 22.8 Å². The minimum Gasteiger partial charge on any atom is -0.484 e. The third kappa shape index (κ3) is 2.99. The summed E-state index contributed by atoms with van der Waals surface area (Å²) in [6, 6.07) is 7.38. The Balaban J connectivity index is 2.02. The van der Waals surface area contributed by atoms with Crippen LogP contribution in [0.5, 0.6) is 5.75 Å². The van der Waals surface area contributed by atoms with Crippen LogP contribution in [0, 0.1) is 6.92 Å². The normalized spacial score (nSPS) is 10.5. The van der Waals surface area contributed by atoms with Crippen molar-refractivity contribution in [1.29, 1.82) is 0 Å². The second-order valence-electron chi connectivity index (χ2n) is 3.71. The van der Waals surface area contributed by atoms with Gasteiger partial charge in [0.15, 0.2) is 5.76 Å². The molecule has 0 atom stereocenters. The number of ether oxygens (including phenoxy) is 1. The summed E-state index contributed by atoms with van der Waals surface area (Å²) < 4.78 is 10.6. The van der Waals surface area contributed by atoms with E-state index in [1.54, 1.807) is 6.07 Å². The zero-order valence-corrected chi connectivity index (χ0v) is 10.2. The van der Waals surface area contributed by atoms with Crippen LogP contribution >= 0.6 is 11.6 Å². The Kier molecular flexibility index (Phi) is 3.66. The standard InChI is InChI=1S/C12H13ClN2O2/c1-8-2-3-12(11(13)4-8)16-7-10-5-9(6-14)15-17-10/h2-5H,6-7,14H2,1H3. The Bertz CT molecular complexity index is 511. The molecule has 90 valence electrons. The Hall–Kier alpha value is -1.52. The molecule has 0 amide bonds. The third-order valence-electron chi connectivity index (χ3n) is 2.27. The second kappa shape index (κ2) is 5.21. The van der Waals surface area contributed by atoms with Gasteiger partial charge in [-0.25, -0.2) is 0 Å². The van der Waals surface area contributed by atoms with E-state index >= 15 is 0 Å². The largest absolute Gasteiger partial charge is 0.484 e. The van der Waals surface area contributed by atoms with Crippen LogP contribution in [0.2, 0.25) is 5.02 Å². The zero-order chi connectivity index (χ0) is 12.3. The predicted octanol–water partition coefficient (Wildman–Crippen LogP) is 2.67. The topological polar surface area (TPSA) is 61.3 Å². The van der Waals surface area contributed by atoms with Crippen molar-refractivity contribution in [2.24, 2.45) is 5.73 Å². The lowest BCUT2D eigenvalue weighted by molar-refractivity contribution is 0.248. The molecule has 2 rings (SSSR count). The Morgan fingerprint density at radius 2 is 2.24 bits per heavy atom. The molecule has 2 N–H and O–H groups in total. The molecule has 17 heavy (non-hydrogen) atoms. The molecular formula is C12H13ClN2O2. The maximum absolute atomic E-state index is 6.04. The fourth-order valence-corrected chi connectivity index (χ4v) is 1.68. The van der Waals surface area contributed by atoms with Crippen molar-refractivity contribution in [2.75, 3.05) is 0 Å². The highest BCUT2D eigenvalue weighted by Crippen LogP contribution is 2.25. The van der Waals surface area contributed by atoms with Crippen LogP contribution in [0.15, 0.2) is 28.8 Å². The van der Waals surface area contributed by atoms with E-state index in [1.807, 2.05) is 25.1 Å². The minimum atomic E-state index is 0.287. The summed E-state index contributed by atoms with van der Waals surface area (Å²) >= 11 is 6.04. The van der Waals surface area contributed by atoms with Crippen LogP contribution in [0.25, 0.3) is 0 Å². The van der Waals surface area contributed by atoms with Crippen molar-refractivity contribution in [2.45, 2.75) is 20.1 Å². The first kappa shape index (κ1) is 12.0. The van der Waals surface area contributed by atoms with Gasteiger partial charge in [0, 0.05) is 12.6 Å². The molecule has 2 aromatic rings. The van der Waals surface area contributed by atoms with E-state index in [9.17, 15) is 0 Å². The average Bonchev–Trinajstić information content (AvgIpc) is 2.76. The lowest BCUT2D eigenvalue weighted by Crippen LogP contribution is -1.96. The van der Waals surface area contributed by atoms with E-state index in [1.165, 1.54) is 0 Å². The molecule has 1 heterocycles. The van der Waals surface area contributed by atoms with Gasteiger partial charge in [-0.05, 0) is 24.6 Å². The van der Waals surface area contributed by atoms with E-state index in [-0.39, 0.29) is 6.61 Å². The maximum Gasteiger partial charge on any atom is 0.174 e. The molecular weight excluding hydrogens is 240 g/mol. The molecule has 0 aliphatic carbocycles. The second-order valence-corrected chi connectivity index (χ2v) is 4.12. The molecule has 5 heteroatoms. The number of hydrogen-bond acceptors (Lipinski definition) is 4. The molecule has 0 radical (unpaired) electrons. The van der Waals surface area contributed by atoms with E-state index in [4.69, 9.17) is 26.6 Å². The number of nitrogens with two attached hydrogens (primary N) is 1. The Morgan fingerprint density at radius 3 is 2.88 bits per heavy atom. The Labute approximate surface area is 104 Å². The first-order chi connectivity index (χ1) is 8.19. The summed E-state index contributed by atoms with van der Waals surface area (Å²) in [7, 11) is 0. The van der Waals surface area contributed by atoms with Crippen LogP contribution in [0.4, 0.5) is 0 Å². The number of hydrogen-bond donors (Lipinski definition) is 1. The highest BCUT2D eigenvalue weighted by atomic mass is 35.5. The molecule has 0 aliphatic heterocycles. The van der Waals surface area contributed by atoms with Gasteiger partial charge >= 0.3 is 0 Å². The SMILES string of the molecule is Cc1ccc(OCc2cc(CN)no2)c(Cl)c1. The van der Waals surface area contributed by atoms with Crippen molar-refractivity contribution < 1.29 is 9.26 Å². The maximum atomic E-state index is 6.04.